The van der Waals surface area contributed by atoms with Gasteiger partial charge in [0.2, 0.25) is 16.5 Å². The maximum absolute atomic E-state index is 12.3. The molecule has 0 fully saturated rings. The molecule has 0 bridgehead atoms. The first-order valence-corrected chi connectivity index (χ1v) is 17.6. The van der Waals surface area contributed by atoms with E-state index >= 15 is 0 Å². The number of anilines is 2. The van der Waals surface area contributed by atoms with Gasteiger partial charge in [-0.3, -0.25) is 9.11 Å². The molecule has 49 heavy (non-hydrogen) atoms. The Kier molecular flexibility index (Phi) is 10.8. The molecule has 0 aliphatic heterocycles. The normalized spacial score (nSPS) is 12.4. The van der Waals surface area contributed by atoms with Crippen molar-refractivity contribution in [2.45, 2.75) is 28.5 Å². The lowest BCUT2D eigenvalue weighted by molar-refractivity contribution is -0.432. The number of aromatic nitrogens is 3. The van der Waals surface area contributed by atoms with Crippen molar-refractivity contribution >= 4 is 101 Å². The number of rotatable bonds is 11. The SMILES string of the molecule is Cc1cc(N=Nc2ccc(Nc3nc(Cl)nc(Cl)n3)c3c(S(=O)(=O)O)cccc23)c(C)cc1N=Nc1cc(SOOO)ccc1S(=O)(=O)O. The van der Waals surface area contributed by atoms with Crippen LogP contribution >= 0.6 is 35.2 Å². The Hall–Kier alpha value is -4.22. The Morgan fingerprint density at radius 3 is 1.92 bits per heavy atom. The van der Waals surface area contributed by atoms with Gasteiger partial charge in [0.1, 0.15) is 15.5 Å². The van der Waals surface area contributed by atoms with Crippen LogP contribution in [0.15, 0.2) is 95.8 Å². The summed E-state index contributed by atoms with van der Waals surface area (Å²) in [4.78, 5) is 10.9. The predicted octanol–water partition coefficient (Wildman–Crippen LogP) is 8.44. The third-order valence-corrected chi connectivity index (χ3v) is 9.21. The molecule has 4 N–H and O–H groups in total. The van der Waals surface area contributed by atoms with Crippen molar-refractivity contribution in [3.05, 3.63) is 82.4 Å². The number of hydrogen-bond acceptors (Lipinski definition) is 16. The van der Waals surface area contributed by atoms with Crippen LogP contribution in [-0.2, 0) is 29.6 Å². The van der Waals surface area contributed by atoms with Gasteiger partial charge >= 0.3 is 0 Å². The molecule has 0 unspecified atom stereocenters. The van der Waals surface area contributed by atoms with Gasteiger partial charge in [-0.2, -0.15) is 42.0 Å². The van der Waals surface area contributed by atoms with Crippen molar-refractivity contribution in [2.24, 2.45) is 20.5 Å². The van der Waals surface area contributed by atoms with Gasteiger partial charge in [0.25, 0.3) is 20.2 Å². The summed E-state index contributed by atoms with van der Waals surface area (Å²) < 4.78 is 72.5. The number of benzene rings is 4. The van der Waals surface area contributed by atoms with Crippen LogP contribution in [-0.4, -0.2) is 46.2 Å². The highest BCUT2D eigenvalue weighted by molar-refractivity contribution is 7.94. The molecule has 5 aromatic rings. The van der Waals surface area contributed by atoms with Crippen LogP contribution in [0.5, 0.6) is 0 Å². The third kappa shape index (κ3) is 8.69. The van der Waals surface area contributed by atoms with E-state index in [2.05, 4.69) is 50.1 Å². The number of hydrogen-bond donors (Lipinski definition) is 4. The number of azo groups is 2. The molecule has 22 heteroatoms. The van der Waals surface area contributed by atoms with Crippen LogP contribution in [0.3, 0.4) is 0 Å². The number of fused-ring (bicyclic) bond motifs is 1. The summed E-state index contributed by atoms with van der Waals surface area (Å²) >= 11 is 12.3. The van der Waals surface area contributed by atoms with Gasteiger partial charge in [-0.15, -0.1) is 14.6 Å². The molecule has 1 aromatic heterocycles. The monoisotopic (exact) mass is 766 g/mol. The Labute approximate surface area is 291 Å². The van der Waals surface area contributed by atoms with Gasteiger partial charge < -0.3 is 5.32 Å². The first-order chi connectivity index (χ1) is 23.1. The number of nitrogens with one attached hydrogen (secondary N) is 1. The van der Waals surface area contributed by atoms with Crippen molar-refractivity contribution in [2.75, 3.05) is 5.32 Å². The highest BCUT2D eigenvalue weighted by Gasteiger charge is 2.20. The summed E-state index contributed by atoms with van der Waals surface area (Å²) in [7, 11) is -9.38. The van der Waals surface area contributed by atoms with Crippen molar-refractivity contribution in [1.82, 2.24) is 15.0 Å². The first kappa shape index (κ1) is 36.1. The molecule has 0 radical (unpaired) electrons. The fourth-order valence-corrected chi connectivity index (χ4v) is 6.47. The van der Waals surface area contributed by atoms with Crippen molar-refractivity contribution in [3.63, 3.8) is 0 Å². The summed E-state index contributed by atoms with van der Waals surface area (Å²) in [5, 5.41) is 31.6. The highest BCUT2D eigenvalue weighted by Crippen LogP contribution is 2.39. The second-order valence-electron chi connectivity index (χ2n) is 9.76. The van der Waals surface area contributed by atoms with Crippen LogP contribution in [0.25, 0.3) is 10.8 Å². The fourth-order valence-electron chi connectivity index (χ4n) is 4.38. The van der Waals surface area contributed by atoms with Crippen LogP contribution in [0.2, 0.25) is 10.6 Å². The molecule has 0 saturated heterocycles. The summed E-state index contributed by atoms with van der Waals surface area (Å²) in [6, 6.07) is 14.1. The van der Waals surface area contributed by atoms with Crippen LogP contribution in [0.1, 0.15) is 11.1 Å². The molecule has 0 atom stereocenters. The van der Waals surface area contributed by atoms with E-state index in [4.69, 9.17) is 28.5 Å². The zero-order valence-electron chi connectivity index (χ0n) is 24.7. The number of nitrogens with zero attached hydrogens (tertiary/aromatic N) is 7. The average Bonchev–Trinajstić information content (AvgIpc) is 3.02. The minimum Gasteiger partial charge on any atom is -0.323 e. The van der Waals surface area contributed by atoms with Crippen molar-refractivity contribution < 1.29 is 40.6 Å². The Morgan fingerprint density at radius 2 is 1.33 bits per heavy atom. The minimum atomic E-state index is -4.71. The molecule has 0 amide bonds. The summed E-state index contributed by atoms with van der Waals surface area (Å²) in [5.74, 6) is -0.0831. The Morgan fingerprint density at radius 1 is 0.735 bits per heavy atom. The van der Waals surface area contributed by atoms with E-state index in [9.17, 15) is 25.9 Å². The van der Waals surface area contributed by atoms with E-state index in [0.29, 0.717) is 39.9 Å². The molecule has 0 spiro atoms. The van der Waals surface area contributed by atoms with E-state index in [0.717, 1.165) is 6.07 Å². The summed E-state index contributed by atoms with van der Waals surface area (Å²) in [5.41, 5.74) is 2.09. The molecule has 5 rings (SSSR count). The molecular weight excluding hydrogens is 747 g/mol. The third-order valence-electron chi connectivity index (χ3n) is 6.50. The fraction of sp³-hybridized carbons (Fsp3) is 0.0741. The van der Waals surface area contributed by atoms with E-state index in [1.54, 1.807) is 38.1 Å². The predicted molar refractivity (Wildman–Crippen MR) is 178 cm³/mol. The molecule has 0 aliphatic rings. The van der Waals surface area contributed by atoms with E-state index in [-0.39, 0.29) is 43.9 Å². The van der Waals surface area contributed by atoms with Gasteiger partial charge in [0.05, 0.1) is 34.8 Å². The molecule has 1 heterocycles. The molecule has 17 nitrogen and oxygen atoms in total. The summed E-state index contributed by atoms with van der Waals surface area (Å²) in [6.45, 7) is 3.41. The maximum Gasteiger partial charge on any atom is 0.296 e. The van der Waals surface area contributed by atoms with E-state index in [1.807, 2.05) is 0 Å². The first-order valence-electron chi connectivity index (χ1n) is 13.2. The lowest BCUT2D eigenvalue weighted by Gasteiger charge is -2.13. The topological polar surface area (TPSA) is 248 Å². The van der Waals surface area contributed by atoms with E-state index in [1.165, 1.54) is 30.3 Å². The summed E-state index contributed by atoms with van der Waals surface area (Å²) in [6.07, 6.45) is 0. The van der Waals surface area contributed by atoms with Crippen molar-refractivity contribution in [3.8, 4) is 0 Å². The van der Waals surface area contributed by atoms with Gasteiger partial charge in [-0.05, 0) is 96.7 Å². The zero-order valence-corrected chi connectivity index (χ0v) is 28.6. The standard InChI is InChI=1S/C27H20Cl2N8O9S3/c1-13-11-20(36-37-21-12-15(47-46-45-38)6-9-22(21)48(39,40)41)14(2)10-19(13)35-34-17-7-8-18(30-27-32-25(28)31-26(29)33-27)24-16(17)4-3-5-23(24)49(42,43)44/h3-12,38H,1-2H3,(H,39,40,41)(H,42,43,44)(H,30,31,32,33). The van der Waals surface area contributed by atoms with Crippen LogP contribution in [0, 0.1) is 13.8 Å². The average molecular weight is 768 g/mol. The number of aryl methyl sites for hydroxylation is 2. The Balaban J connectivity index is 1.51. The van der Waals surface area contributed by atoms with Crippen molar-refractivity contribution in [1.29, 1.82) is 0 Å². The second kappa shape index (κ2) is 14.7. The molecule has 0 saturated carbocycles. The van der Waals surface area contributed by atoms with Gasteiger partial charge in [0.15, 0.2) is 0 Å². The number of halogens is 2. The largest absolute Gasteiger partial charge is 0.323 e. The zero-order chi connectivity index (χ0) is 35.5. The minimum absolute atomic E-state index is 0.0555. The lowest BCUT2D eigenvalue weighted by atomic mass is 10.1. The lowest BCUT2D eigenvalue weighted by Crippen LogP contribution is -2.03. The van der Waals surface area contributed by atoms with E-state index < -0.39 is 30.0 Å². The molecule has 254 valence electrons. The van der Waals surface area contributed by atoms with Gasteiger partial charge in [-0.1, -0.05) is 17.2 Å². The maximum atomic E-state index is 12.3. The highest BCUT2D eigenvalue weighted by atomic mass is 35.5. The Bertz CT molecular complexity index is 2360. The van der Waals surface area contributed by atoms with Gasteiger partial charge in [0, 0.05) is 15.7 Å². The van der Waals surface area contributed by atoms with Crippen LogP contribution < -0.4 is 5.32 Å². The van der Waals surface area contributed by atoms with Gasteiger partial charge in [-0.25, -0.2) is 5.26 Å². The quantitative estimate of drug-likeness (QED) is 0.0324. The van der Waals surface area contributed by atoms with Crippen LogP contribution in [0.4, 0.5) is 34.4 Å². The molecule has 0 aliphatic carbocycles. The smallest absolute Gasteiger partial charge is 0.296 e. The second-order valence-corrected chi connectivity index (χ2v) is 14.0. The molecule has 4 aromatic carbocycles. The molecular formula is C27H20Cl2N8O9S3.